The molecule has 1 aliphatic carbocycles. The first-order chi connectivity index (χ1) is 11.0. The summed E-state index contributed by atoms with van der Waals surface area (Å²) < 4.78 is 11.6. The molecule has 0 bridgehead atoms. The van der Waals surface area contributed by atoms with Crippen molar-refractivity contribution in [3.05, 3.63) is 24.3 Å². The molecule has 124 valence electrons. The molecule has 0 aromatic heterocycles. The van der Waals surface area contributed by atoms with Crippen molar-refractivity contribution in [3.8, 4) is 11.5 Å². The van der Waals surface area contributed by atoms with Gasteiger partial charge in [-0.15, -0.1) is 0 Å². The number of nitrogens with zero attached hydrogens (tertiary/aromatic N) is 1. The summed E-state index contributed by atoms with van der Waals surface area (Å²) in [7, 11) is 0. The molecule has 0 radical (unpaired) electrons. The van der Waals surface area contributed by atoms with Gasteiger partial charge in [-0.1, -0.05) is 19.1 Å². The van der Waals surface area contributed by atoms with Gasteiger partial charge in [0.05, 0.1) is 5.92 Å². The lowest BCUT2D eigenvalue weighted by molar-refractivity contribution is -0.148. The maximum atomic E-state index is 12.9. The molecule has 0 saturated heterocycles. The van der Waals surface area contributed by atoms with Crippen molar-refractivity contribution >= 4 is 11.9 Å². The summed E-state index contributed by atoms with van der Waals surface area (Å²) in [6, 6.07) is 7.37. The van der Waals surface area contributed by atoms with Crippen molar-refractivity contribution in [2.45, 2.75) is 44.9 Å². The van der Waals surface area contributed by atoms with Gasteiger partial charge in [0.1, 0.15) is 6.10 Å². The van der Waals surface area contributed by atoms with Gasteiger partial charge in [0.15, 0.2) is 11.5 Å². The Morgan fingerprint density at radius 1 is 1.26 bits per heavy atom. The second kappa shape index (κ2) is 6.10. The van der Waals surface area contributed by atoms with Crippen molar-refractivity contribution in [2.75, 3.05) is 6.54 Å². The third kappa shape index (κ3) is 3.25. The summed E-state index contributed by atoms with van der Waals surface area (Å²) in [6.07, 6.45) is 0.665. The van der Waals surface area contributed by atoms with Gasteiger partial charge >= 0.3 is 5.97 Å². The Kier molecular flexibility index (Phi) is 4.15. The number of ether oxygens (including phenoxy) is 2. The zero-order valence-electron chi connectivity index (χ0n) is 13.3. The fraction of sp³-hybridized carbons (Fsp3) is 0.529. The van der Waals surface area contributed by atoms with Crippen molar-refractivity contribution in [1.82, 2.24) is 4.90 Å². The average molecular weight is 319 g/mol. The maximum Gasteiger partial charge on any atom is 0.308 e. The molecule has 1 saturated carbocycles. The van der Waals surface area contributed by atoms with Crippen LogP contribution in [0.1, 0.15) is 26.7 Å². The van der Waals surface area contributed by atoms with Gasteiger partial charge in [0.25, 0.3) is 5.91 Å². The van der Waals surface area contributed by atoms with Gasteiger partial charge in [-0.25, -0.2) is 0 Å². The summed E-state index contributed by atoms with van der Waals surface area (Å²) >= 11 is 0. The van der Waals surface area contributed by atoms with Gasteiger partial charge in [-0.3, -0.25) is 9.59 Å². The van der Waals surface area contributed by atoms with Crippen LogP contribution in [0.2, 0.25) is 0 Å². The number of amides is 1. The molecule has 1 aromatic carbocycles. The topological polar surface area (TPSA) is 76.1 Å². The van der Waals surface area contributed by atoms with E-state index in [0.29, 0.717) is 11.5 Å². The zero-order chi connectivity index (χ0) is 16.6. The first-order valence-electron chi connectivity index (χ1n) is 7.93. The summed E-state index contributed by atoms with van der Waals surface area (Å²) in [4.78, 5) is 25.6. The van der Waals surface area contributed by atoms with E-state index in [1.54, 1.807) is 30.9 Å². The highest BCUT2D eigenvalue weighted by Crippen LogP contribution is 2.35. The highest BCUT2D eigenvalue weighted by atomic mass is 16.6. The molecule has 23 heavy (non-hydrogen) atoms. The zero-order valence-corrected chi connectivity index (χ0v) is 13.3. The standard InChI is InChI=1S/C17H21NO5/c1-10(17(20)21)9-18(12-7-8-12)16(19)15-11(2)22-13-5-3-4-6-14(13)23-15/h3-6,10-12,15H,7-9H2,1-2H3,(H,20,21). The number of benzene rings is 1. The molecule has 1 fully saturated rings. The molecule has 2 aliphatic rings. The Bertz CT molecular complexity index is 613. The van der Waals surface area contributed by atoms with E-state index in [9.17, 15) is 9.59 Å². The van der Waals surface area contributed by atoms with Crippen LogP contribution in [0.25, 0.3) is 0 Å². The molecule has 1 aromatic rings. The van der Waals surface area contributed by atoms with Gasteiger partial charge in [0.2, 0.25) is 6.10 Å². The fourth-order valence-electron chi connectivity index (χ4n) is 2.73. The monoisotopic (exact) mass is 319 g/mol. The fourth-order valence-corrected chi connectivity index (χ4v) is 2.73. The number of carbonyl (C=O) groups excluding carboxylic acids is 1. The molecule has 3 atom stereocenters. The number of hydrogen-bond acceptors (Lipinski definition) is 4. The van der Waals surface area contributed by atoms with Crippen LogP contribution in [0.15, 0.2) is 24.3 Å². The van der Waals surface area contributed by atoms with Crippen LogP contribution in [0.3, 0.4) is 0 Å². The van der Waals surface area contributed by atoms with Crippen LogP contribution in [0.5, 0.6) is 11.5 Å². The molecule has 0 spiro atoms. The third-order valence-electron chi connectivity index (χ3n) is 4.25. The number of carbonyl (C=O) groups is 2. The molecule has 1 amide bonds. The van der Waals surface area contributed by atoms with Gasteiger partial charge in [-0.05, 0) is 31.9 Å². The Labute approximate surface area is 135 Å². The minimum Gasteiger partial charge on any atom is -0.482 e. The summed E-state index contributed by atoms with van der Waals surface area (Å²) in [5, 5.41) is 9.11. The van der Waals surface area contributed by atoms with E-state index in [2.05, 4.69) is 0 Å². The van der Waals surface area contributed by atoms with Crippen molar-refractivity contribution in [1.29, 1.82) is 0 Å². The van der Waals surface area contributed by atoms with Crippen LogP contribution in [-0.2, 0) is 9.59 Å². The lowest BCUT2D eigenvalue weighted by Gasteiger charge is -2.35. The number of carboxylic acids is 1. The number of hydrogen-bond donors (Lipinski definition) is 1. The largest absolute Gasteiger partial charge is 0.482 e. The number of carboxylic acid groups (broad SMARTS) is 1. The Morgan fingerprint density at radius 3 is 2.43 bits per heavy atom. The van der Waals surface area contributed by atoms with Crippen LogP contribution >= 0.6 is 0 Å². The first kappa shape index (κ1) is 15.6. The molecule has 6 heteroatoms. The SMILES string of the molecule is CC(CN(C(=O)C1Oc2ccccc2OC1C)C1CC1)C(=O)O. The molecule has 6 nitrogen and oxygen atoms in total. The molecular weight excluding hydrogens is 298 g/mol. The molecular formula is C17H21NO5. The van der Waals surface area contributed by atoms with Gasteiger partial charge in [0, 0.05) is 12.6 Å². The lowest BCUT2D eigenvalue weighted by atomic mass is 10.1. The molecule has 1 aliphatic heterocycles. The normalized spacial score (nSPS) is 23.9. The second-order valence-corrected chi connectivity index (χ2v) is 6.27. The predicted molar refractivity (Wildman–Crippen MR) is 82.5 cm³/mol. The number of para-hydroxylation sites is 2. The minimum absolute atomic E-state index is 0.122. The summed E-state index contributed by atoms with van der Waals surface area (Å²) in [6.45, 7) is 3.61. The highest BCUT2D eigenvalue weighted by Gasteiger charge is 2.42. The molecule has 1 N–H and O–H groups in total. The molecule has 1 heterocycles. The van der Waals surface area contributed by atoms with E-state index >= 15 is 0 Å². The third-order valence-corrected chi connectivity index (χ3v) is 4.25. The summed E-state index contributed by atoms with van der Waals surface area (Å²) in [5.41, 5.74) is 0. The smallest absolute Gasteiger partial charge is 0.308 e. The minimum atomic E-state index is -0.900. The van der Waals surface area contributed by atoms with Crippen molar-refractivity contribution in [2.24, 2.45) is 5.92 Å². The van der Waals surface area contributed by atoms with Crippen molar-refractivity contribution in [3.63, 3.8) is 0 Å². The predicted octanol–water partition coefficient (Wildman–Crippen LogP) is 1.93. The lowest BCUT2D eigenvalue weighted by Crippen LogP contribution is -2.52. The highest BCUT2D eigenvalue weighted by molar-refractivity contribution is 5.83. The molecule has 3 rings (SSSR count). The van der Waals surface area contributed by atoms with Crippen molar-refractivity contribution < 1.29 is 24.2 Å². The van der Waals surface area contributed by atoms with E-state index in [0.717, 1.165) is 12.8 Å². The quantitative estimate of drug-likeness (QED) is 0.897. The Morgan fingerprint density at radius 2 is 1.87 bits per heavy atom. The number of aliphatic carboxylic acids is 1. The first-order valence-corrected chi connectivity index (χ1v) is 7.93. The Balaban J connectivity index is 1.76. The van der Waals surface area contributed by atoms with Crippen LogP contribution in [0, 0.1) is 5.92 Å². The van der Waals surface area contributed by atoms with Gasteiger partial charge in [-0.2, -0.15) is 0 Å². The Hall–Kier alpha value is -2.24. The van der Waals surface area contributed by atoms with E-state index in [-0.39, 0.29) is 18.5 Å². The van der Waals surface area contributed by atoms with Gasteiger partial charge < -0.3 is 19.5 Å². The number of rotatable bonds is 5. The number of fused-ring (bicyclic) bond motifs is 1. The van der Waals surface area contributed by atoms with E-state index in [4.69, 9.17) is 14.6 Å². The van der Waals surface area contributed by atoms with Crippen LogP contribution in [-0.4, -0.2) is 46.7 Å². The van der Waals surface area contributed by atoms with E-state index in [1.165, 1.54) is 0 Å². The van der Waals surface area contributed by atoms with E-state index < -0.39 is 24.1 Å². The molecule has 3 unspecified atom stereocenters. The second-order valence-electron chi connectivity index (χ2n) is 6.27. The average Bonchev–Trinajstić information content (AvgIpc) is 3.35. The van der Waals surface area contributed by atoms with Crippen LogP contribution in [0.4, 0.5) is 0 Å². The van der Waals surface area contributed by atoms with E-state index in [1.807, 2.05) is 12.1 Å². The summed E-state index contributed by atoms with van der Waals surface area (Å²) in [5.74, 6) is -0.524. The van der Waals surface area contributed by atoms with Crippen LogP contribution < -0.4 is 9.47 Å². The maximum absolute atomic E-state index is 12.9.